The summed E-state index contributed by atoms with van der Waals surface area (Å²) < 4.78 is 12.9. The molecule has 0 saturated carbocycles. The number of rotatable bonds is 13. The zero-order valence-corrected chi connectivity index (χ0v) is 24.8. The van der Waals surface area contributed by atoms with Gasteiger partial charge in [0.1, 0.15) is 6.33 Å². The maximum atomic E-state index is 12.3. The van der Waals surface area contributed by atoms with E-state index >= 15 is 0 Å². The van der Waals surface area contributed by atoms with Crippen LogP contribution in [-0.4, -0.2) is 49.2 Å². The summed E-state index contributed by atoms with van der Waals surface area (Å²) in [6.07, 6.45) is 1.90. The minimum atomic E-state index is -0.580. The highest BCUT2D eigenvalue weighted by atomic mass is 32.2. The summed E-state index contributed by atoms with van der Waals surface area (Å²) in [5, 5.41) is 28.5. The molecule has 1 saturated heterocycles. The highest BCUT2D eigenvalue weighted by molar-refractivity contribution is 7.99. The molecule has 5 N–H and O–H groups in total. The van der Waals surface area contributed by atoms with Gasteiger partial charge in [0.15, 0.2) is 11.4 Å². The average molecular weight is 618 g/mol. The summed E-state index contributed by atoms with van der Waals surface area (Å²) in [6, 6.07) is 23.7. The molecule has 0 spiro atoms. The second kappa shape index (κ2) is 15.6. The maximum absolute atomic E-state index is 12.3. The molecule has 1 fully saturated rings. The summed E-state index contributed by atoms with van der Waals surface area (Å²) >= 11 is 1.55. The molecule has 5 rings (SSSR count). The van der Waals surface area contributed by atoms with Crippen molar-refractivity contribution in [3.05, 3.63) is 101 Å². The third-order valence-electron chi connectivity index (χ3n) is 7.33. The first kappa shape index (κ1) is 31.4. The Hall–Kier alpha value is -4.07. The molecular weight excluding hydrogens is 582 g/mol. The quantitative estimate of drug-likeness (QED) is 0.0822. The molecule has 0 unspecified atom stereocenters. The lowest BCUT2D eigenvalue weighted by Crippen LogP contribution is -2.31. The molecule has 3 aromatic carbocycles. The molecule has 0 bridgehead atoms. The lowest BCUT2D eigenvalue weighted by Gasteiger charge is -2.36. The Morgan fingerprint density at radius 3 is 2.43 bits per heavy atom. The van der Waals surface area contributed by atoms with Crippen LogP contribution in [-0.2, 0) is 32.2 Å². The van der Waals surface area contributed by atoms with Crippen molar-refractivity contribution in [1.82, 2.24) is 26.0 Å². The number of thioether (sulfide) groups is 1. The van der Waals surface area contributed by atoms with Crippen molar-refractivity contribution in [3.63, 3.8) is 0 Å². The van der Waals surface area contributed by atoms with Crippen molar-refractivity contribution in [2.45, 2.75) is 62.5 Å². The van der Waals surface area contributed by atoms with Gasteiger partial charge < -0.3 is 19.9 Å². The van der Waals surface area contributed by atoms with Crippen LogP contribution in [0.5, 0.6) is 0 Å². The summed E-state index contributed by atoms with van der Waals surface area (Å²) in [4.78, 5) is 27.7. The summed E-state index contributed by atoms with van der Waals surface area (Å²) in [5.74, 6) is -0.000671. The van der Waals surface area contributed by atoms with Gasteiger partial charge in [0.05, 0.1) is 18.8 Å². The summed E-state index contributed by atoms with van der Waals surface area (Å²) in [6.45, 7) is 0.334. The number of hydrogen-bond donors (Lipinski definition) is 5. The molecule has 2 heterocycles. The Kier molecular flexibility index (Phi) is 11.1. The molecule has 1 aliphatic rings. The molecule has 44 heavy (non-hydrogen) atoms. The van der Waals surface area contributed by atoms with E-state index in [1.807, 2.05) is 72.8 Å². The van der Waals surface area contributed by atoms with Crippen LogP contribution in [0.15, 0.2) is 84.3 Å². The summed E-state index contributed by atoms with van der Waals surface area (Å²) in [5.41, 5.74) is 7.27. The fourth-order valence-electron chi connectivity index (χ4n) is 4.98. The monoisotopic (exact) mass is 617 g/mol. The number of aliphatic hydroxyl groups excluding tert-OH is 1. The second-order valence-corrected chi connectivity index (χ2v) is 11.4. The van der Waals surface area contributed by atoms with Crippen molar-refractivity contribution in [1.29, 1.82) is 0 Å². The van der Waals surface area contributed by atoms with Gasteiger partial charge in [0.2, 0.25) is 11.8 Å². The van der Waals surface area contributed by atoms with E-state index in [0.29, 0.717) is 25.1 Å². The molecule has 2 amide bonds. The predicted molar refractivity (Wildman–Crippen MR) is 163 cm³/mol. The van der Waals surface area contributed by atoms with Gasteiger partial charge in [-0.3, -0.25) is 19.9 Å². The molecule has 4 aromatic rings. The van der Waals surface area contributed by atoms with Crippen LogP contribution >= 0.6 is 11.8 Å². The van der Waals surface area contributed by atoms with E-state index < -0.39 is 12.2 Å². The number of amides is 2. The largest absolute Gasteiger partial charge is 0.392 e. The zero-order chi connectivity index (χ0) is 30.7. The SMILES string of the molecule is O=C(CCCC(=O)NCc1ccccc1-c1ccc([C@@H]2O[C@H](CSc3ncn[nH]3)C[C@H](c3ccc(CO)cc3)O2)cc1)NO. The lowest BCUT2D eigenvalue weighted by molar-refractivity contribution is -0.245. The number of aliphatic hydroxyl groups is 1. The minimum absolute atomic E-state index is 0.0126. The van der Waals surface area contributed by atoms with Crippen LogP contribution in [0.2, 0.25) is 0 Å². The second-order valence-electron chi connectivity index (χ2n) is 10.4. The van der Waals surface area contributed by atoms with Crippen LogP contribution < -0.4 is 10.8 Å². The zero-order valence-electron chi connectivity index (χ0n) is 24.0. The van der Waals surface area contributed by atoms with E-state index in [-0.39, 0.29) is 37.6 Å². The standard InChI is InChI=1S/C32H35N5O6S/c38-18-21-8-10-23(11-9-21)28-16-26(19-44-32-34-20-35-36-32)42-31(43-28)24-14-12-22(13-15-24)27-5-2-1-4-25(27)17-33-29(39)6-3-7-30(40)37-41/h1-2,4-5,8-15,20,26,28,31,38,41H,3,6-7,16-19H2,(H,33,39)(H,37,40)(H,34,35,36)/t26-,28+,31+/m0/s1. The molecule has 12 heteroatoms. The minimum Gasteiger partial charge on any atom is -0.392 e. The fourth-order valence-corrected chi connectivity index (χ4v) is 5.78. The number of ether oxygens (including phenoxy) is 2. The normalized spacial score (nSPS) is 18.1. The van der Waals surface area contributed by atoms with E-state index in [0.717, 1.165) is 38.5 Å². The van der Waals surface area contributed by atoms with Gasteiger partial charge in [0.25, 0.3) is 0 Å². The number of carbonyl (C=O) groups excluding carboxylic acids is 2. The molecule has 11 nitrogen and oxygen atoms in total. The van der Waals surface area contributed by atoms with E-state index in [1.165, 1.54) is 6.33 Å². The molecule has 230 valence electrons. The van der Waals surface area contributed by atoms with E-state index in [4.69, 9.17) is 14.7 Å². The van der Waals surface area contributed by atoms with Crippen molar-refractivity contribution in [2.75, 3.05) is 5.75 Å². The predicted octanol–water partition coefficient (Wildman–Crippen LogP) is 4.59. The van der Waals surface area contributed by atoms with E-state index in [2.05, 4.69) is 20.5 Å². The number of benzene rings is 3. The van der Waals surface area contributed by atoms with E-state index in [1.54, 1.807) is 17.2 Å². The first-order valence-corrected chi connectivity index (χ1v) is 15.4. The molecular formula is C32H35N5O6S. The van der Waals surface area contributed by atoms with Gasteiger partial charge in [-0.25, -0.2) is 10.5 Å². The highest BCUT2D eigenvalue weighted by Gasteiger charge is 2.32. The number of hydrogen-bond acceptors (Lipinski definition) is 9. The highest BCUT2D eigenvalue weighted by Crippen LogP contribution is 2.39. The average Bonchev–Trinajstić information content (AvgIpc) is 3.60. The van der Waals surface area contributed by atoms with Crippen molar-refractivity contribution in [2.24, 2.45) is 0 Å². The van der Waals surface area contributed by atoms with Gasteiger partial charge >= 0.3 is 0 Å². The smallest absolute Gasteiger partial charge is 0.243 e. The van der Waals surface area contributed by atoms with E-state index in [9.17, 15) is 14.7 Å². The summed E-state index contributed by atoms with van der Waals surface area (Å²) in [7, 11) is 0. The van der Waals surface area contributed by atoms with Gasteiger partial charge in [-0.1, -0.05) is 84.6 Å². The Labute approximate surface area is 259 Å². The van der Waals surface area contributed by atoms with Crippen LogP contribution in [0.25, 0.3) is 11.1 Å². The Bertz CT molecular complexity index is 1500. The topological polar surface area (TPSA) is 159 Å². The number of carbonyl (C=O) groups is 2. The van der Waals surface area contributed by atoms with Gasteiger partial charge in [-0.15, -0.1) is 0 Å². The Morgan fingerprint density at radius 1 is 0.955 bits per heavy atom. The van der Waals surface area contributed by atoms with Crippen LogP contribution in [0, 0.1) is 0 Å². The molecule has 0 aliphatic carbocycles. The van der Waals surface area contributed by atoms with Crippen LogP contribution in [0.1, 0.15) is 60.3 Å². The number of aromatic nitrogens is 3. The molecule has 3 atom stereocenters. The van der Waals surface area contributed by atoms with Crippen molar-refractivity contribution >= 4 is 23.6 Å². The first-order chi connectivity index (χ1) is 21.5. The molecule has 1 aliphatic heterocycles. The number of aromatic amines is 1. The number of nitrogens with zero attached hydrogens (tertiary/aromatic N) is 2. The Balaban J connectivity index is 1.27. The fraction of sp³-hybridized carbons (Fsp3) is 0.312. The van der Waals surface area contributed by atoms with Crippen LogP contribution in [0.4, 0.5) is 0 Å². The first-order valence-electron chi connectivity index (χ1n) is 14.4. The van der Waals surface area contributed by atoms with Gasteiger partial charge in [-0.2, -0.15) is 5.10 Å². The maximum Gasteiger partial charge on any atom is 0.243 e. The molecule has 0 radical (unpaired) electrons. The molecule has 1 aromatic heterocycles. The number of nitrogens with one attached hydrogen (secondary N) is 3. The third kappa shape index (κ3) is 8.52. The van der Waals surface area contributed by atoms with Crippen molar-refractivity contribution in [3.8, 4) is 11.1 Å². The lowest BCUT2D eigenvalue weighted by atomic mass is 9.97. The van der Waals surface area contributed by atoms with Gasteiger partial charge in [-0.05, 0) is 34.2 Å². The third-order valence-corrected chi connectivity index (χ3v) is 8.34. The van der Waals surface area contributed by atoms with Crippen molar-refractivity contribution < 1.29 is 29.4 Å². The van der Waals surface area contributed by atoms with Crippen LogP contribution in [0.3, 0.4) is 0 Å². The van der Waals surface area contributed by atoms with Gasteiger partial charge in [0, 0.05) is 37.1 Å². The Morgan fingerprint density at radius 2 is 1.70 bits per heavy atom. The number of hydroxylamine groups is 1. The number of H-pyrrole nitrogens is 1.